The molecule has 1 aliphatic heterocycles. The summed E-state index contributed by atoms with van der Waals surface area (Å²) in [6.45, 7) is 2.35. The van der Waals surface area contributed by atoms with Gasteiger partial charge in [-0.25, -0.2) is 8.42 Å². The third-order valence-corrected chi connectivity index (χ3v) is 7.18. The van der Waals surface area contributed by atoms with Gasteiger partial charge in [0.1, 0.15) is 0 Å². The number of nitrogens with zero attached hydrogens (tertiary/aromatic N) is 1. The van der Waals surface area contributed by atoms with Crippen molar-refractivity contribution in [2.75, 3.05) is 21.9 Å². The zero-order valence-electron chi connectivity index (χ0n) is 14.8. The van der Waals surface area contributed by atoms with Crippen LogP contribution in [0.3, 0.4) is 0 Å². The van der Waals surface area contributed by atoms with Crippen LogP contribution in [0.1, 0.15) is 35.7 Å². The number of sulfonamides is 1. The highest BCUT2D eigenvalue weighted by atomic mass is 79.9. The molecule has 3 rings (SSSR count). The van der Waals surface area contributed by atoms with Crippen LogP contribution in [0.4, 0.5) is 11.4 Å². The van der Waals surface area contributed by atoms with Crippen LogP contribution in [-0.4, -0.2) is 26.6 Å². The predicted molar refractivity (Wildman–Crippen MR) is 113 cm³/mol. The highest BCUT2D eigenvalue weighted by molar-refractivity contribution is 9.10. The molecule has 144 valence electrons. The fraction of sp³-hybridized carbons (Fsp3) is 0.316. The van der Waals surface area contributed by atoms with E-state index in [2.05, 4.69) is 21.2 Å². The van der Waals surface area contributed by atoms with E-state index in [-0.39, 0.29) is 11.7 Å². The number of aryl methyl sites for hydroxylation is 1. The Morgan fingerprint density at radius 2 is 2.04 bits per heavy atom. The van der Waals surface area contributed by atoms with E-state index in [1.54, 1.807) is 30.3 Å². The first kappa shape index (κ1) is 20.2. The topological polar surface area (TPSA) is 66.5 Å². The third-order valence-electron chi connectivity index (χ3n) is 4.38. The summed E-state index contributed by atoms with van der Waals surface area (Å²) in [7, 11) is -3.31. The highest BCUT2D eigenvalue weighted by Gasteiger charge is 2.27. The van der Waals surface area contributed by atoms with E-state index in [4.69, 9.17) is 11.6 Å². The van der Waals surface area contributed by atoms with Gasteiger partial charge in [0.15, 0.2) is 0 Å². The van der Waals surface area contributed by atoms with E-state index in [0.717, 1.165) is 22.9 Å². The van der Waals surface area contributed by atoms with Gasteiger partial charge in [-0.3, -0.25) is 9.10 Å². The summed E-state index contributed by atoms with van der Waals surface area (Å²) in [6.07, 6.45) is 2.11. The number of benzene rings is 2. The predicted octanol–water partition coefficient (Wildman–Crippen LogP) is 4.85. The van der Waals surface area contributed by atoms with Crippen molar-refractivity contribution in [3.05, 3.63) is 57.0 Å². The molecule has 2 aromatic rings. The molecule has 0 aliphatic carbocycles. The Bertz CT molecular complexity index is 979. The lowest BCUT2D eigenvalue weighted by Gasteiger charge is -2.30. The van der Waals surface area contributed by atoms with Crippen LogP contribution in [0.5, 0.6) is 0 Å². The molecule has 8 heteroatoms. The lowest BCUT2D eigenvalue weighted by atomic mass is 10.0. The third kappa shape index (κ3) is 4.47. The molecular formula is C19H20BrClN2O3S. The summed E-state index contributed by atoms with van der Waals surface area (Å²) in [5.74, 6) is -0.181. The van der Waals surface area contributed by atoms with Gasteiger partial charge < -0.3 is 5.32 Å². The first-order chi connectivity index (χ1) is 12.8. The van der Waals surface area contributed by atoms with Gasteiger partial charge in [-0.05, 0) is 61.2 Å². The maximum Gasteiger partial charge on any atom is 0.257 e. The minimum Gasteiger partial charge on any atom is -0.322 e. The van der Waals surface area contributed by atoms with Crippen LogP contribution >= 0.6 is 27.5 Å². The monoisotopic (exact) mass is 470 g/mol. The first-order valence-electron chi connectivity index (χ1n) is 8.71. The van der Waals surface area contributed by atoms with Gasteiger partial charge in [0, 0.05) is 16.7 Å². The SMILES string of the molecule is CCCS(=O)(=O)N1CCCc2cc(NC(=O)c3cc(Br)ccc3Cl)ccc21. The second kappa shape index (κ2) is 8.20. The number of rotatable bonds is 5. The quantitative estimate of drug-likeness (QED) is 0.678. The Kier molecular flexibility index (Phi) is 6.13. The number of carbonyl (C=O) groups is 1. The second-order valence-corrected chi connectivity index (χ2v) is 9.75. The van der Waals surface area contributed by atoms with Crippen LogP contribution in [0.15, 0.2) is 40.9 Å². The molecule has 0 atom stereocenters. The molecule has 0 fully saturated rings. The van der Waals surface area contributed by atoms with E-state index in [9.17, 15) is 13.2 Å². The van der Waals surface area contributed by atoms with Gasteiger partial charge in [0.2, 0.25) is 10.0 Å². The van der Waals surface area contributed by atoms with Crippen molar-refractivity contribution in [2.24, 2.45) is 0 Å². The maximum absolute atomic E-state index is 12.5. The zero-order chi connectivity index (χ0) is 19.6. The fourth-order valence-electron chi connectivity index (χ4n) is 3.17. The maximum atomic E-state index is 12.5. The summed E-state index contributed by atoms with van der Waals surface area (Å²) in [6, 6.07) is 10.4. The average molecular weight is 472 g/mol. The molecule has 5 nitrogen and oxygen atoms in total. The van der Waals surface area contributed by atoms with Crippen molar-refractivity contribution in [3.63, 3.8) is 0 Å². The van der Waals surface area contributed by atoms with E-state index in [1.807, 2.05) is 13.0 Å². The number of hydrogen-bond acceptors (Lipinski definition) is 3. The number of halogens is 2. The number of amides is 1. The molecule has 0 saturated heterocycles. The van der Waals surface area contributed by atoms with Crippen molar-refractivity contribution >= 4 is 54.8 Å². The molecule has 0 aromatic heterocycles. The van der Waals surface area contributed by atoms with Gasteiger partial charge in [0.25, 0.3) is 5.91 Å². The van der Waals surface area contributed by atoms with Crippen molar-refractivity contribution in [3.8, 4) is 0 Å². The molecule has 0 spiro atoms. The van der Waals surface area contributed by atoms with E-state index < -0.39 is 10.0 Å². The molecule has 0 radical (unpaired) electrons. The molecule has 1 N–H and O–H groups in total. The van der Waals surface area contributed by atoms with Crippen LogP contribution in [0.25, 0.3) is 0 Å². The van der Waals surface area contributed by atoms with Gasteiger partial charge in [-0.15, -0.1) is 0 Å². The minimum atomic E-state index is -3.31. The van der Waals surface area contributed by atoms with Crippen LogP contribution in [-0.2, 0) is 16.4 Å². The number of nitrogens with one attached hydrogen (secondary N) is 1. The molecular weight excluding hydrogens is 452 g/mol. The smallest absolute Gasteiger partial charge is 0.257 e. The summed E-state index contributed by atoms with van der Waals surface area (Å²) in [5.41, 5.74) is 2.60. The molecule has 1 heterocycles. The number of anilines is 2. The molecule has 0 saturated carbocycles. The summed E-state index contributed by atoms with van der Waals surface area (Å²) in [4.78, 5) is 12.5. The Morgan fingerprint density at radius 3 is 2.78 bits per heavy atom. The molecule has 1 aliphatic rings. The Morgan fingerprint density at radius 1 is 1.26 bits per heavy atom. The van der Waals surface area contributed by atoms with Crippen molar-refractivity contribution < 1.29 is 13.2 Å². The van der Waals surface area contributed by atoms with Gasteiger partial charge >= 0.3 is 0 Å². The van der Waals surface area contributed by atoms with Crippen LogP contribution in [0.2, 0.25) is 5.02 Å². The molecule has 0 unspecified atom stereocenters. The van der Waals surface area contributed by atoms with E-state index in [1.165, 1.54) is 4.31 Å². The summed E-state index contributed by atoms with van der Waals surface area (Å²) >= 11 is 9.45. The van der Waals surface area contributed by atoms with Crippen LogP contribution in [0, 0.1) is 0 Å². The Hall–Kier alpha value is -1.57. The van der Waals surface area contributed by atoms with Crippen molar-refractivity contribution in [1.29, 1.82) is 0 Å². The van der Waals surface area contributed by atoms with Crippen molar-refractivity contribution in [2.45, 2.75) is 26.2 Å². The summed E-state index contributed by atoms with van der Waals surface area (Å²) in [5, 5.41) is 3.21. The fourth-order valence-corrected chi connectivity index (χ4v) is 5.35. The number of fused-ring (bicyclic) bond motifs is 1. The van der Waals surface area contributed by atoms with Crippen LogP contribution < -0.4 is 9.62 Å². The Labute approximate surface area is 172 Å². The largest absolute Gasteiger partial charge is 0.322 e. The standard InChI is InChI=1S/C19H20BrClN2O3S/c1-2-10-27(25,26)23-9-3-4-13-11-15(6-8-18(13)23)22-19(24)16-12-14(20)5-7-17(16)21/h5-8,11-12H,2-4,9-10H2,1H3,(H,22,24). The molecule has 0 bridgehead atoms. The lowest BCUT2D eigenvalue weighted by Crippen LogP contribution is -2.37. The van der Waals surface area contributed by atoms with Crippen molar-refractivity contribution in [1.82, 2.24) is 0 Å². The molecule has 1 amide bonds. The zero-order valence-corrected chi connectivity index (χ0v) is 18.0. The average Bonchev–Trinajstić information content (AvgIpc) is 2.63. The van der Waals surface area contributed by atoms with E-state index >= 15 is 0 Å². The van der Waals surface area contributed by atoms with E-state index in [0.29, 0.717) is 34.9 Å². The van der Waals surface area contributed by atoms with Gasteiger partial charge in [-0.1, -0.05) is 34.5 Å². The lowest BCUT2D eigenvalue weighted by molar-refractivity contribution is 0.102. The highest BCUT2D eigenvalue weighted by Crippen LogP contribution is 2.32. The van der Waals surface area contributed by atoms with Gasteiger partial charge in [-0.2, -0.15) is 0 Å². The summed E-state index contributed by atoms with van der Waals surface area (Å²) < 4.78 is 27.3. The minimum absolute atomic E-state index is 0.131. The number of hydrogen-bond donors (Lipinski definition) is 1. The number of carbonyl (C=O) groups excluding carboxylic acids is 1. The first-order valence-corrected chi connectivity index (χ1v) is 11.5. The second-order valence-electron chi connectivity index (χ2n) is 6.41. The Balaban J connectivity index is 1.86. The normalized spacial score (nSPS) is 14.0. The van der Waals surface area contributed by atoms with Gasteiger partial charge in [0.05, 0.1) is 22.0 Å². The molecule has 2 aromatic carbocycles. The molecule has 27 heavy (non-hydrogen) atoms.